The van der Waals surface area contributed by atoms with Gasteiger partial charge in [-0.05, 0) is 43.3 Å². The molecule has 2 aromatic carbocycles. The predicted octanol–water partition coefficient (Wildman–Crippen LogP) is 3.33. The molecule has 0 atom stereocenters. The number of carbonyl (C=O) groups is 1. The van der Waals surface area contributed by atoms with Crippen molar-refractivity contribution in [2.45, 2.75) is 6.92 Å². The summed E-state index contributed by atoms with van der Waals surface area (Å²) in [6.45, 7) is 2.51. The third kappa shape index (κ3) is 3.34. The van der Waals surface area contributed by atoms with E-state index in [1.807, 2.05) is 6.92 Å². The maximum Gasteiger partial charge on any atom is 0.196 e. The highest BCUT2D eigenvalue weighted by atomic mass is 16.5. The average molecular weight is 286 g/mol. The molecular formula is C17H18O4. The van der Waals surface area contributed by atoms with Crippen LogP contribution in [0.3, 0.4) is 0 Å². The van der Waals surface area contributed by atoms with E-state index in [-0.39, 0.29) is 5.78 Å². The van der Waals surface area contributed by atoms with Gasteiger partial charge in [0, 0.05) is 11.6 Å². The molecule has 0 aromatic heterocycles. The standard InChI is InChI=1S/C17H18O4/c1-4-21-13-7-5-12(6-8-13)17(18)15-10-9-14(19-2)11-16(15)20-3/h5-11H,4H2,1-3H3. The minimum atomic E-state index is -0.0995. The smallest absolute Gasteiger partial charge is 0.196 e. The summed E-state index contributed by atoms with van der Waals surface area (Å²) < 4.78 is 15.8. The van der Waals surface area contributed by atoms with Crippen LogP contribution in [0.25, 0.3) is 0 Å². The number of benzene rings is 2. The number of hydrogen-bond acceptors (Lipinski definition) is 4. The summed E-state index contributed by atoms with van der Waals surface area (Å²) in [5.41, 5.74) is 1.09. The third-order valence-electron chi connectivity index (χ3n) is 3.08. The number of carbonyl (C=O) groups excluding carboxylic acids is 1. The van der Waals surface area contributed by atoms with E-state index in [0.29, 0.717) is 29.2 Å². The largest absolute Gasteiger partial charge is 0.497 e. The maximum absolute atomic E-state index is 12.5. The zero-order valence-corrected chi connectivity index (χ0v) is 12.4. The zero-order chi connectivity index (χ0) is 15.2. The van der Waals surface area contributed by atoms with Crippen molar-refractivity contribution in [2.75, 3.05) is 20.8 Å². The van der Waals surface area contributed by atoms with E-state index >= 15 is 0 Å². The van der Waals surface area contributed by atoms with Crippen LogP contribution in [0.15, 0.2) is 42.5 Å². The van der Waals surface area contributed by atoms with Crippen molar-refractivity contribution in [1.29, 1.82) is 0 Å². The lowest BCUT2D eigenvalue weighted by Crippen LogP contribution is -2.04. The van der Waals surface area contributed by atoms with Gasteiger partial charge in [0.1, 0.15) is 17.2 Å². The minimum absolute atomic E-state index is 0.0995. The first-order chi connectivity index (χ1) is 10.2. The van der Waals surface area contributed by atoms with Crippen molar-refractivity contribution < 1.29 is 19.0 Å². The van der Waals surface area contributed by atoms with E-state index < -0.39 is 0 Å². The van der Waals surface area contributed by atoms with Gasteiger partial charge in [0.2, 0.25) is 0 Å². The Balaban J connectivity index is 2.30. The van der Waals surface area contributed by atoms with Crippen molar-refractivity contribution >= 4 is 5.78 Å². The first-order valence-corrected chi connectivity index (χ1v) is 6.69. The van der Waals surface area contributed by atoms with E-state index in [0.717, 1.165) is 5.75 Å². The molecule has 0 fully saturated rings. The summed E-state index contributed by atoms with van der Waals surface area (Å²) >= 11 is 0. The van der Waals surface area contributed by atoms with Crippen LogP contribution < -0.4 is 14.2 Å². The Labute approximate surface area is 124 Å². The Bertz CT molecular complexity index is 617. The molecule has 0 amide bonds. The zero-order valence-electron chi connectivity index (χ0n) is 12.4. The monoisotopic (exact) mass is 286 g/mol. The van der Waals surface area contributed by atoms with Crippen LogP contribution in [0.2, 0.25) is 0 Å². The maximum atomic E-state index is 12.5. The lowest BCUT2D eigenvalue weighted by atomic mass is 10.0. The molecule has 0 aliphatic rings. The van der Waals surface area contributed by atoms with Crippen LogP contribution in [-0.2, 0) is 0 Å². The fraction of sp³-hybridized carbons (Fsp3) is 0.235. The van der Waals surface area contributed by atoms with Gasteiger partial charge in [0.05, 0.1) is 26.4 Å². The van der Waals surface area contributed by atoms with Gasteiger partial charge in [-0.2, -0.15) is 0 Å². The second-order valence-electron chi connectivity index (χ2n) is 4.35. The van der Waals surface area contributed by atoms with Gasteiger partial charge in [-0.3, -0.25) is 4.79 Å². The van der Waals surface area contributed by atoms with Crippen LogP contribution in [0, 0.1) is 0 Å². The van der Waals surface area contributed by atoms with Crippen molar-refractivity contribution in [2.24, 2.45) is 0 Å². The molecular weight excluding hydrogens is 268 g/mol. The minimum Gasteiger partial charge on any atom is -0.497 e. The van der Waals surface area contributed by atoms with Gasteiger partial charge >= 0.3 is 0 Å². The molecule has 2 aromatic rings. The van der Waals surface area contributed by atoms with Crippen LogP contribution in [0.1, 0.15) is 22.8 Å². The van der Waals surface area contributed by atoms with Crippen molar-refractivity contribution in [3.8, 4) is 17.2 Å². The molecule has 0 bridgehead atoms. The van der Waals surface area contributed by atoms with Crippen molar-refractivity contribution in [1.82, 2.24) is 0 Å². The van der Waals surface area contributed by atoms with E-state index in [4.69, 9.17) is 14.2 Å². The second kappa shape index (κ2) is 6.79. The SMILES string of the molecule is CCOc1ccc(C(=O)c2ccc(OC)cc2OC)cc1. The lowest BCUT2D eigenvalue weighted by molar-refractivity contribution is 0.103. The highest BCUT2D eigenvalue weighted by Gasteiger charge is 2.15. The highest BCUT2D eigenvalue weighted by Crippen LogP contribution is 2.27. The van der Waals surface area contributed by atoms with Gasteiger partial charge in [0.15, 0.2) is 5.78 Å². The summed E-state index contributed by atoms with van der Waals surface area (Å²) in [5, 5.41) is 0. The topological polar surface area (TPSA) is 44.8 Å². The highest BCUT2D eigenvalue weighted by molar-refractivity contribution is 6.10. The van der Waals surface area contributed by atoms with E-state index in [2.05, 4.69) is 0 Å². The molecule has 0 N–H and O–H groups in total. The summed E-state index contributed by atoms with van der Waals surface area (Å²) in [6, 6.07) is 12.2. The van der Waals surface area contributed by atoms with Crippen LogP contribution >= 0.6 is 0 Å². The summed E-state index contributed by atoms with van der Waals surface area (Å²) in [7, 11) is 3.10. The van der Waals surface area contributed by atoms with E-state index in [9.17, 15) is 4.79 Å². The Kier molecular flexibility index (Phi) is 4.82. The van der Waals surface area contributed by atoms with Gasteiger partial charge in [-0.25, -0.2) is 0 Å². The Hall–Kier alpha value is -2.49. The Morgan fingerprint density at radius 3 is 2.19 bits per heavy atom. The molecule has 110 valence electrons. The van der Waals surface area contributed by atoms with Crippen LogP contribution in [0.4, 0.5) is 0 Å². The van der Waals surface area contributed by atoms with Gasteiger partial charge < -0.3 is 14.2 Å². The normalized spacial score (nSPS) is 10.0. The molecule has 0 radical (unpaired) electrons. The fourth-order valence-electron chi connectivity index (χ4n) is 2.01. The molecule has 0 saturated carbocycles. The number of rotatable bonds is 6. The number of hydrogen-bond donors (Lipinski definition) is 0. The number of methoxy groups -OCH3 is 2. The number of ether oxygens (including phenoxy) is 3. The molecule has 2 rings (SSSR count). The molecule has 21 heavy (non-hydrogen) atoms. The summed E-state index contributed by atoms with van der Waals surface area (Å²) in [6.07, 6.45) is 0. The van der Waals surface area contributed by atoms with Crippen molar-refractivity contribution in [3.63, 3.8) is 0 Å². The predicted molar refractivity (Wildman–Crippen MR) is 80.6 cm³/mol. The molecule has 0 unspecified atom stereocenters. The van der Waals surface area contributed by atoms with Crippen LogP contribution in [0.5, 0.6) is 17.2 Å². The summed E-state index contributed by atoms with van der Waals surface area (Å²) in [5.74, 6) is 1.79. The van der Waals surface area contributed by atoms with Crippen molar-refractivity contribution in [3.05, 3.63) is 53.6 Å². The number of ketones is 1. The first-order valence-electron chi connectivity index (χ1n) is 6.69. The molecule has 0 heterocycles. The quantitative estimate of drug-likeness (QED) is 0.764. The van der Waals surface area contributed by atoms with E-state index in [1.54, 1.807) is 49.6 Å². The Morgan fingerprint density at radius 1 is 0.952 bits per heavy atom. The first kappa shape index (κ1) is 14.9. The van der Waals surface area contributed by atoms with Gasteiger partial charge in [-0.15, -0.1) is 0 Å². The lowest BCUT2D eigenvalue weighted by Gasteiger charge is -2.10. The molecule has 4 heteroatoms. The van der Waals surface area contributed by atoms with Gasteiger partial charge in [-0.1, -0.05) is 0 Å². The average Bonchev–Trinajstić information content (AvgIpc) is 2.54. The molecule has 0 saturated heterocycles. The molecule has 0 spiro atoms. The molecule has 0 aliphatic heterocycles. The summed E-state index contributed by atoms with van der Waals surface area (Å²) in [4.78, 5) is 12.5. The third-order valence-corrected chi connectivity index (χ3v) is 3.08. The van der Waals surface area contributed by atoms with E-state index in [1.165, 1.54) is 7.11 Å². The fourth-order valence-corrected chi connectivity index (χ4v) is 2.01. The van der Waals surface area contributed by atoms with Crippen LogP contribution in [-0.4, -0.2) is 26.6 Å². The Morgan fingerprint density at radius 2 is 1.62 bits per heavy atom. The second-order valence-corrected chi connectivity index (χ2v) is 4.35. The van der Waals surface area contributed by atoms with Gasteiger partial charge in [0.25, 0.3) is 0 Å². The molecule has 0 aliphatic carbocycles. The molecule has 4 nitrogen and oxygen atoms in total.